The van der Waals surface area contributed by atoms with E-state index in [0.29, 0.717) is 56.6 Å². The first-order chi connectivity index (χ1) is 24.6. The number of aliphatic hydroxyl groups excluding tert-OH is 1. The number of benzene rings is 2. The Kier molecular flexibility index (Phi) is 10.4. The standard InChI is InChI=1S/C37H40N4O7S3/c1-41(33-22-8-11-25(33)28(18-22)48-35(45)37(47,29-4-2-16-49-29)30-5-3-17-50-30)15-14-31(44)39-23-9-6-21(7-10-23)19-38-20-27(43)24-12-13-26(42)32-34(24)51-36(46)40-32/h2-7,9-10,12-13,16-17,22,25,27-28,33,38,42-43,47H,8,11,14-15,18-20H2,1H3,(H,39,44)(H,40,46)/t22?,25?,27-,28?,33?/m0/s1. The van der Waals surface area contributed by atoms with Crippen molar-refractivity contribution in [1.82, 2.24) is 15.2 Å². The molecule has 5 aromatic rings. The van der Waals surface area contributed by atoms with Gasteiger partial charge in [0.1, 0.15) is 17.4 Å². The second-order valence-corrected chi connectivity index (χ2v) is 16.2. The number of carbonyl (C=O) groups is 2. The fourth-order valence-corrected chi connectivity index (χ4v) is 10.3. The molecule has 6 N–H and O–H groups in total. The number of hydrogen-bond acceptors (Lipinski definition) is 12. The first-order valence-electron chi connectivity index (χ1n) is 17.0. The average Bonchev–Trinajstić information content (AvgIpc) is 3.97. The van der Waals surface area contributed by atoms with Gasteiger partial charge in [0.25, 0.3) is 0 Å². The highest BCUT2D eigenvalue weighted by molar-refractivity contribution is 7.16. The van der Waals surface area contributed by atoms with E-state index in [-0.39, 0.29) is 41.1 Å². The van der Waals surface area contributed by atoms with Crippen LogP contribution in [-0.2, 0) is 26.5 Å². The van der Waals surface area contributed by atoms with Crippen LogP contribution in [0.5, 0.6) is 5.75 Å². The molecule has 2 aliphatic carbocycles. The van der Waals surface area contributed by atoms with Crippen LogP contribution in [0, 0.1) is 11.8 Å². The first kappa shape index (κ1) is 35.5. The minimum absolute atomic E-state index is 0.0314. The molecule has 2 fully saturated rings. The van der Waals surface area contributed by atoms with Crippen molar-refractivity contribution in [2.75, 3.05) is 25.5 Å². The van der Waals surface area contributed by atoms with Crippen LogP contribution in [0.1, 0.15) is 52.7 Å². The summed E-state index contributed by atoms with van der Waals surface area (Å²) in [6.45, 7) is 1.30. The smallest absolute Gasteiger partial charge is 0.349 e. The van der Waals surface area contributed by atoms with E-state index < -0.39 is 17.7 Å². The third kappa shape index (κ3) is 7.27. The van der Waals surface area contributed by atoms with E-state index in [2.05, 4.69) is 20.5 Å². The van der Waals surface area contributed by atoms with Gasteiger partial charge >= 0.3 is 10.8 Å². The van der Waals surface area contributed by atoms with Gasteiger partial charge in [0.2, 0.25) is 11.5 Å². The molecule has 4 unspecified atom stereocenters. The number of fused-ring (bicyclic) bond motifs is 3. The van der Waals surface area contributed by atoms with Crippen molar-refractivity contribution in [3.8, 4) is 5.75 Å². The fourth-order valence-electron chi connectivity index (χ4n) is 7.69. The molecule has 2 aliphatic rings. The van der Waals surface area contributed by atoms with Crippen LogP contribution in [0.2, 0.25) is 0 Å². The Morgan fingerprint density at radius 1 is 1.06 bits per heavy atom. The molecule has 14 heteroatoms. The molecule has 268 valence electrons. The third-order valence-corrected chi connectivity index (χ3v) is 13.1. The van der Waals surface area contributed by atoms with E-state index >= 15 is 0 Å². The fraction of sp³-hybridized carbons (Fsp3) is 0.378. The predicted octanol–water partition coefficient (Wildman–Crippen LogP) is 5.15. The monoisotopic (exact) mass is 748 g/mol. The summed E-state index contributed by atoms with van der Waals surface area (Å²) in [6, 6.07) is 18.0. The van der Waals surface area contributed by atoms with Crippen LogP contribution in [0.4, 0.5) is 5.69 Å². The summed E-state index contributed by atoms with van der Waals surface area (Å²) < 4.78 is 6.65. The molecule has 2 aromatic carbocycles. The number of anilines is 1. The Bertz CT molecular complexity index is 1990. The molecule has 11 nitrogen and oxygen atoms in total. The molecule has 5 atom stereocenters. The van der Waals surface area contributed by atoms with Crippen molar-refractivity contribution in [3.05, 3.63) is 102 Å². The topological polar surface area (TPSA) is 164 Å². The summed E-state index contributed by atoms with van der Waals surface area (Å²) in [6.07, 6.45) is 1.90. The Morgan fingerprint density at radius 3 is 2.47 bits per heavy atom. The van der Waals surface area contributed by atoms with E-state index in [1.165, 1.54) is 28.7 Å². The maximum atomic E-state index is 13.6. The number of H-pyrrole nitrogens is 1. The second-order valence-electron chi connectivity index (χ2n) is 13.4. The number of hydrogen-bond donors (Lipinski definition) is 6. The van der Waals surface area contributed by atoms with Crippen LogP contribution in [-0.4, -0.2) is 69.4 Å². The number of phenolic OH excluding ortho intramolecular Hbond substituents is 1. The van der Waals surface area contributed by atoms with Gasteiger partial charge < -0.3 is 40.6 Å². The van der Waals surface area contributed by atoms with Crippen molar-refractivity contribution in [1.29, 1.82) is 0 Å². The van der Waals surface area contributed by atoms with Crippen molar-refractivity contribution in [3.63, 3.8) is 0 Å². The number of phenols is 1. The number of esters is 1. The summed E-state index contributed by atoms with van der Waals surface area (Å²) in [5, 5.41) is 42.3. The van der Waals surface area contributed by atoms with Crippen molar-refractivity contribution < 1.29 is 29.6 Å². The molecule has 2 saturated carbocycles. The highest BCUT2D eigenvalue weighted by Crippen LogP contribution is 2.49. The van der Waals surface area contributed by atoms with E-state index in [1.807, 2.05) is 54.2 Å². The highest BCUT2D eigenvalue weighted by atomic mass is 32.1. The van der Waals surface area contributed by atoms with Gasteiger partial charge in [-0.2, -0.15) is 0 Å². The molecule has 51 heavy (non-hydrogen) atoms. The zero-order valence-electron chi connectivity index (χ0n) is 27.9. The number of amides is 1. The number of carbonyl (C=O) groups excluding carboxylic acids is 2. The molecule has 7 rings (SSSR count). The summed E-state index contributed by atoms with van der Waals surface area (Å²) in [5.41, 5.74) is 0.739. The number of thiazole rings is 1. The lowest BCUT2D eigenvalue weighted by Crippen LogP contribution is -2.42. The van der Waals surface area contributed by atoms with Gasteiger partial charge in [0.15, 0.2) is 0 Å². The van der Waals surface area contributed by atoms with Crippen molar-refractivity contribution >= 4 is 61.8 Å². The molecular formula is C37H40N4O7S3. The number of aromatic nitrogens is 1. The Balaban J connectivity index is 0.873. The molecule has 0 saturated heterocycles. The Labute approximate surface area is 306 Å². The van der Waals surface area contributed by atoms with E-state index in [9.17, 15) is 29.7 Å². The van der Waals surface area contributed by atoms with Crippen LogP contribution in [0.15, 0.2) is 76.2 Å². The highest BCUT2D eigenvalue weighted by Gasteiger charge is 2.53. The van der Waals surface area contributed by atoms with Gasteiger partial charge in [-0.3, -0.25) is 9.59 Å². The molecule has 3 aromatic heterocycles. The molecular weight excluding hydrogens is 709 g/mol. The minimum atomic E-state index is -1.82. The predicted molar refractivity (Wildman–Crippen MR) is 199 cm³/mol. The van der Waals surface area contributed by atoms with Crippen molar-refractivity contribution in [2.24, 2.45) is 11.8 Å². The number of nitrogens with one attached hydrogen (secondary N) is 3. The van der Waals surface area contributed by atoms with Gasteiger partial charge in [-0.15, -0.1) is 22.7 Å². The summed E-state index contributed by atoms with van der Waals surface area (Å²) >= 11 is 3.62. The second kappa shape index (κ2) is 15.0. The van der Waals surface area contributed by atoms with Crippen molar-refractivity contribution in [2.45, 2.75) is 56.1 Å². The summed E-state index contributed by atoms with van der Waals surface area (Å²) in [4.78, 5) is 43.9. The Hall–Kier alpha value is -3.89. The minimum Gasteiger partial charge on any atom is -0.506 e. The lowest BCUT2D eigenvalue weighted by atomic mass is 9.96. The zero-order valence-corrected chi connectivity index (χ0v) is 30.4. The van der Waals surface area contributed by atoms with Crippen LogP contribution < -0.4 is 15.5 Å². The van der Waals surface area contributed by atoms with Crippen LogP contribution >= 0.6 is 34.0 Å². The summed E-state index contributed by atoms with van der Waals surface area (Å²) in [7, 11) is 2.03. The van der Waals surface area contributed by atoms with E-state index in [0.717, 1.165) is 36.2 Å². The molecule has 0 radical (unpaired) electrons. The SMILES string of the molecule is CN(CCC(=O)Nc1ccc(CNC[C@H](O)c2ccc(O)c3[nH]c(=O)sc23)cc1)C1C2CCC1C(OC(=O)C(O)(c1cccs1)c1cccs1)C2. The van der Waals surface area contributed by atoms with Crippen LogP contribution in [0.3, 0.4) is 0 Å². The normalized spacial score (nSPS) is 20.6. The number of aliphatic hydroxyl groups is 2. The van der Waals surface area contributed by atoms with E-state index in [1.54, 1.807) is 18.2 Å². The number of aromatic amines is 1. The number of rotatable bonds is 14. The molecule has 3 heterocycles. The van der Waals surface area contributed by atoms with Crippen LogP contribution in [0.25, 0.3) is 10.2 Å². The molecule has 0 spiro atoms. The van der Waals surface area contributed by atoms with Gasteiger partial charge in [0, 0.05) is 49.3 Å². The summed E-state index contributed by atoms with van der Waals surface area (Å²) in [5.74, 6) is -0.240. The lowest BCUT2D eigenvalue weighted by molar-refractivity contribution is -0.170. The number of aromatic hydroxyl groups is 1. The maximum absolute atomic E-state index is 13.6. The molecule has 0 aliphatic heterocycles. The van der Waals surface area contributed by atoms with Gasteiger partial charge in [-0.1, -0.05) is 41.7 Å². The van der Waals surface area contributed by atoms with E-state index in [4.69, 9.17) is 4.74 Å². The lowest BCUT2D eigenvalue weighted by Gasteiger charge is -2.31. The molecule has 2 bridgehead atoms. The Morgan fingerprint density at radius 2 is 1.78 bits per heavy atom. The quantitative estimate of drug-likeness (QED) is 0.0844. The average molecular weight is 749 g/mol. The largest absolute Gasteiger partial charge is 0.506 e. The number of nitrogens with zero attached hydrogens (tertiary/aromatic N) is 1. The third-order valence-electron chi connectivity index (χ3n) is 10.2. The maximum Gasteiger partial charge on any atom is 0.349 e. The number of ether oxygens (including phenoxy) is 1. The van der Waals surface area contributed by atoms with Gasteiger partial charge in [-0.25, -0.2) is 4.79 Å². The van der Waals surface area contributed by atoms with Gasteiger partial charge in [0.05, 0.1) is 20.6 Å². The number of thiophene rings is 2. The molecule has 1 amide bonds. The zero-order chi connectivity index (χ0) is 35.7. The first-order valence-corrected chi connectivity index (χ1v) is 19.5. The van der Waals surface area contributed by atoms with Gasteiger partial charge in [-0.05, 0) is 78.9 Å².